The highest BCUT2D eigenvalue weighted by molar-refractivity contribution is 7.89. The summed E-state index contributed by atoms with van der Waals surface area (Å²) < 4.78 is 41.3. The molecule has 2 rings (SSSR count). The van der Waals surface area contributed by atoms with Gasteiger partial charge in [0.15, 0.2) is 12.4 Å². The molecule has 0 atom stereocenters. The van der Waals surface area contributed by atoms with Crippen LogP contribution < -0.4 is 9.47 Å². The van der Waals surface area contributed by atoms with Gasteiger partial charge in [-0.2, -0.15) is 0 Å². The number of ketones is 1. The number of nitrogens with zero attached hydrogens (tertiary/aromatic N) is 1. The van der Waals surface area contributed by atoms with Crippen molar-refractivity contribution in [2.75, 3.05) is 34.4 Å². The molecule has 9 heteroatoms. The molecule has 0 spiro atoms. The molecule has 0 N–H and O–H groups in total. The minimum Gasteiger partial charge on any atom is -0.495 e. The van der Waals surface area contributed by atoms with Crippen LogP contribution >= 0.6 is 0 Å². The number of Topliss-reactive ketones (excluding diaryl/α,β-unsaturated/α-hetero) is 1. The van der Waals surface area contributed by atoms with Gasteiger partial charge in [0.05, 0.1) is 19.3 Å². The molecule has 0 radical (unpaired) electrons. The lowest BCUT2D eigenvalue weighted by Gasteiger charge is -2.15. The van der Waals surface area contributed by atoms with Crippen molar-refractivity contribution in [2.24, 2.45) is 0 Å². The Hall–Kier alpha value is -2.91. The Morgan fingerprint density at radius 2 is 1.62 bits per heavy atom. The second kappa shape index (κ2) is 9.53. The Balaban J connectivity index is 2.13. The van der Waals surface area contributed by atoms with E-state index in [4.69, 9.17) is 14.2 Å². The van der Waals surface area contributed by atoms with E-state index in [2.05, 4.69) is 0 Å². The zero-order valence-corrected chi connectivity index (χ0v) is 17.5. The summed E-state index contributed by atoms with van der Waals surface area (Å²) in [6.45, 7) is 1.89. The van der Waals surface area contributed by atoms with E-state index >= 15 is 0 Å². The molecule has 0 heterocycles. The third kappa shape index (κ3) is 5.33. The summed E-state index contributed by atoms with van der Waals surface area (Å²) in [6, 6.07) is 10.4. The van der Waals surface area contributed by atoms with E-state index in [0.717, 1.165) is 10.4 Å². The number of ether oxygens (including phenoxy) is 3. The molecule has 0 bridgehead atoms. The molecule has 0 aliphatic rings. The van der Waals surface area contributed by atoms with Gasteiger partial charge < -0.3 is 14.2 Å². The van der Waals surface area contributed by atoms with E-state index in [-0.39, 0.29) is 16.2 Å². The first-order valence-electron chi connectivity index (χ1n) is 8.74. The molecule has 0 saturated carbocycles. The highest BCUT2D eigenvalue weighted by atomic mass is 32.2. The number of rotatable bonds is 9. The molecule has 29 heavy (non-hydrogen) atoms. The number of hydrogen-bond donors (Lipinski definition) is 0. The minimum absolute atomic E-state index is 0.00859. The highest BCUT2D eigenvalue weighted by Gasteiger charge is 2.24. The van der Waals surface area contributed by atoms with Crippen molar-refractivity contribution in [2.45, 2.75) is 11.8 Å². The molecule has 8 nitrogen and oxygen atoms in total. The molecule has 0 amide bonds. The quantitative estimate of drug-likeness (QED) is 0.453. The maximum absolute atomic E-state index is 12.4. The Bertz CT molecular complexity index is 982. The average molecular weight is 421 g/mol. The summed E-state index contributed by atoms with van der Waals surface area (Å²) >= 11 is 0. The summed E-state index contributed by atoms with van der Waals surface area (Å²) in [4.78, 5) is 24.4. The van der Waals surface area contributed by atoms with E-state index in [0.29, 0.717) is 17.9 Å². The van der Waals surface area contributed by atoms with Crippen LogP contribution in [0, 0.1) is 0 Å². The van der Waals surface area contributed by atoms with E-state index < -0.39 is 28.4 Å². The van der Waals surface area contributed by atoms with Crippen LogP contribution in [0.5, 0.6) is 11.5 Å². The molecule has 0 aromatic heterocycles. The normalized spacial score (nSPS) is 11.2. The topological polar surface area (TPSA) is 99.2 Å². The van der Waals surface area contributed by atoms with Gasteiger partial charge in [0.25, 0.3) is 0 Å². The predicted octanol–water partition coefficient (Wildman–Crippen LogP) is 2.38. The van der Waals surface area contributed by atoms with Crippen molar-refractivity contribution in [3.8, 4) is 11.5 Å². The van der Waals surface area contributed by atoms with Crippen molar-refractivity contribution in [1.29, 1.82) is 0 Å². The summed E-state index contributed by atoms with van der Waals surface area (Å²) in [6.07, 6.45) is 0. The van der Waals surface area contributed by atoms with Crippen LogP contribution in [0.1, 0.15) is 27.6 Å². The molecule has 156 valence electrons. The van der Waals surface area contributed by atoms with Crippen LogP contribution in [-0.2, 0) is 14.8 Å². The first kappa shape index (κ1) is 22.4. The number of sulfonamides is 1. The van der Waals surface area contributed by atoms with Crippen molar-refractivity contribution < 1.29 is 32.2 Å². The third-order valence-electron chi connectivity index (χ3n) is 3.98. The van der Waals surface area contributed by atoms with Crippen LogP contribution in [0.15, 0.2) is 47.4 Å². The average Bonchev–Trinajstić information content (AvgIpc) is 2.71. The van der Waals surface area contributed by atoms with Crippen molar-refractivity contribution in [1.82, 2.24) is 4.31 Å². The van der Waals surface area contributed by atoms with E-state index in [9.17, 15) is 18.0 Å². The summed E-state index contributed by atoms with van der Waals surface area (Å²) in [5.41, 5.74) is 0.359. The maximum atomic E-state index is 12.4. The van der Waals surface area contributed by atoms with Crippen molar-refractivity contribution in [3.05, 3.63) is 53.6 Å². The zero-order valence-electron chi connectivity index (χ0n) is 16.7. The van der Waals surface area contributed by atoms with Gasteiger partial charge in [0, 0.05) is 19.7 Å². The van der Waals surface area contributed by atoms with Crippen LogP contribution in [0.2, 0.25) is 0 Å². The van der Waals surface area contributed by atoms with Gasteiger partial charge in [-0.05, 0) is 49.4 Å². The fourth-order valence-corrected chi connectivity index (χ4v) is 3.48. The number of esters is 1. The second-order valence-corrected chi connectivity index (χ2v) is 8.23. The molecular formula is C20H23NO7S. The monoisotopic (exact) mass is 421 g/mol. The van der Waals surface area contributed by atoms with Gasteiger partial charge in [0.2, 0.25) is 10.0 Å². The second-order valence-electron chi connectivity index (χ2n) is 6.11. The fourth-order valence-electron chi connectivity index (χ4n) is 2.40. The zero-order chi connectivity index (χ0) is 21.6. The van der Waals surface area contributed by atoms with Crippen LogP contribution in [0.3, 0.4) is 0 Å². The van der Waals surface area contributed by atoms with E-state index in [1.54, 1.807) is 24.3 Å². The van der Waals surface area contributed by atoms with E-state index in [1.807, 2.05) is 6.92 Å². The van der Waals surface area contributed by atoms with Gasteiger partial charge in [-0.15, -0.1) is 0 Å². The molecule has 2 aromatic rings. The Morgan fingerprint density at radius 3 is 2.17 bits per heavy atom. The lowest BCUT2D eigenvalue weighted by molar-refractivity contribution is 0.0474. The maximum Gasteiger partial charge on any atom is 0.338 e. The Morgan fingerprint density at radius 1 is 1.00 bits per heavy atom. The lowest BCUT2D eigenvalue weighted by atomic mass is 10.1. The van der Waals surface area contributed by atoms with Gasteiger partial charge >= 0.3 is 5.97 Å². The van der Waals surface area contributed by atoms with Crippen molar-refractivity contribution >= 4 is 21.8 Å². The van der Waals surface area contributed by atoms with Crippen LogP contribution in [0.25, 0.3) is 0 Å². The Labute approximate surface area is 170 Å². The molecule has 0 fully saturated rings. The number of hydrogen-bond acceptors (Lipinski definition) is 7. The lowest BCUT2D eigenvalue weighted by Crippen LogP contribution is -2.23. The minimum atomic E-state index is -3.84. The largest absolute Gasteiger partial charge is 0.495 e. The predicted molar refractivity (Wildman–Crippen MR) is 106 cm³/mol. The molecular weight excluding hydrogens is 398 g/mol. The van der Waals surface area contributed by atoms with E-state index in [1.165, 1.54) is 33.3 Å². The summed E-state index contributed by atoms with van der Waals surface area (Å²) in [5, 5.41) is 0. The molecule has 0 aliphatic carbocycles. The number of carbonyl (C=O) groups excluding carboxylic acids is 2. The van der Waals surface area contributed by atoms with Crippen LogP contribution in [-0.4, -0.2) is 58.9 Å². The number of methoxy groups -OCH3 is 1. The SMILES string of the molecule is CCOc1ccc(C(=O)COC(=O)c2ccc(OC)c(S(=O)(=O)N(C)C)c2)cc1. The summed E-state index contributed by atoms with van der Waals surface area (Å²) in [5.74, 6) is -0.479. The first-order valence-corrected chi connectivity index (χ1v) is 10.2. The molecule has 0 unspecified atom stereocenters. The number of carbonyl (C=O) groups is 2. The fraction of sp³-hybridized carbons (Fsp3) is 0.300. The smallest absolute Gasteiger partial charge is 0.338 e. The standard InChI is InChI=1S/C20H23NO7S/c1-5-27-16-9-6-14(7-10-16)17(22)13-28-20(23)15-8-11-18(26-4)19(12-15)29(24,25)21(2)3/h6-12H,5,13H2,1-4H3. The molecule has 0 saturated heterocycles. The third-order valence-corrected chi connectivity index (χ3v) is 5.82. The Kier molecular flexibility index (Phi) is 7.35. The molecule has 2 aromatic carbocycles. The molecule has 0 aliphatic heterocycles. The van der Waals surface area contributed by atoms with Crippen LogP contribution in [0.4, 0.5) is 0 Å². The first-order chi connectivity index (χ1) is 13.7. The van der Waals surface area contributed by atoms with Gasteiger partial charge in [0.1, 0.15) is 16.4 Å². The van der Waals surface area contributed by atoms with Gasteiger partial charge in [-0.25, -0.2) is 17.5 Å². The van der Waals surface area contributed by atoms with Gasteiger partial charge in [-0.1, -0.05) is 0 Å². The summed E-state index contributed by atoms with van der Waals surface area (Å²) in [7, 11) is 0.234. The van der Waals surface area contributed by atoms with Crippen molar-refractivity contribution in [3.63, 3.8) is 0 Å². The highest BCUT2D eigenvalue weighted by Crippen LogP contribution is 2.27. The van der Waals surface area contributed by atoms with Gasteiger partial charge in [-0.3, -0.25) is 4.79 Å². The number of benzene rings is 2.